The molecule has 3 rings (SSSR count). The Labute approximate surface area is 151 Å². The first-order valence-corrected chi connectivity index (χ1v) is 10.7. The fraction of sp³-hybridized carbons (Fsp3) is 0.842. The van der Waals surface area contributed by atoms with Crippen molar-refractivity contribution >= 4 is 17.7 Å². The van der Waals surface area contributed by atoms with Crippen molar-refractivity contribution in [2.24, 2.45) is 4.99 Å². The van der Waals surface area contributed by atoms with Crippen LogP contribution < -0.4 is 5.32 Å². The summed E-state index contributed by atoms with van der Waals surface area (Å²) in [5.41, 5.74) is 1.51. The Bertz CT molecular complexity index is 452. The lowest BCUT2D eigenvalue weighted by molar-refractivity contribution is 0.153. The molecule has 1 N–H and O–H groups in total. The first-order valence-electron chi connectivity index (χ1n) is 9.74. The van der Waals surface area contributed by atoms with Gasteiger partial charge < -0.3 is 15.0 Å². The Morgan fingerprint density at radius 3 is 3.00 bits per heavy atom. The van der Waals surface area contributed by atoms with Crippen LogP contribution in [-0.2, 0) is 4.74 Å². The third-order valence-corrected chi connectivity index (χ3v) is 6.94. The molecule has 4 nitrogen and oxygen atoms in total. The molecule has 2 heterocycles. The molecule has 24 heavy (non-hydrogen) atoms. The summed E-state index contributed by atoms with van der Waals surface area (Å²) < 4.78 is 5.89. The molecule has 0 aromatic rings. The minimum Gasteiger partial charge on any atom is -0.377 e. The van der Waals surface area contributed by atoms with Crippen molar-refractivity contribution < 1.29 is 4.74 Å². The van der Waals surface area contributed by atoms with E-state index in [9.17, 15) is 0 Å². The molecule has 0 aromatic carbocycles. The maximum Gasteiger partial charge on any atom is 0.193 e. The number of nitrogens with zero attached hydrogens (tertiary/aromatic N) is 2. The number of ether oxygens (including phenoxy) is 1. The molecule has 0 amide bonds. The van der Waals surface area contributed by atoms with Crippen LogP contribution in [0.15, 0.2) is 16.6 Å². The normalized spacial score (nSPS) is 24.8. The van der Waals surface area contributed by atoms with Crippen LogP contribution in [0.5, 0.6) is 0 Å². The Hall–Kier alpha value is -0.680. The highest BCUT2D eigenvalue weighted by Crippen LogP contribution is 2.42. The first kappa shape index (κ1) is 18.1. The number of guanidine groups is 1. The molecule has 2 fully saturated rings. The topological polar surface area (TPSA) is 36.9 Å². The fourth-order valence-corrected chi connectivity index (χ4v) is 5.62. The van der Waals surface area contributed by atoms with E-state index in [1.54, 1.807) is 0 Å². The van der Waals surface area contributed by atoms with E-state index in [0.717, 1.165) is 51.6 Å². The molecule has 136 valence electrons. The maximum absolute atomic E-state index is 5.39. The standard InChI is InChI=1S/C19H33N3OS/c1-2-20-18(21-11-6-17-7-13-23-14-8-17)22-12-15-24-19(16-22)9-4-3-5-10-19/h7H,2-6,8-16H2,1H3,(H,20,21). The van der Waals surface area contributed by atoms with Gasteiger partial charge in [0.1, 0.15) is 0 Å². The minimum atomic E-state index is 0.496. The zero-order valence-corrected chi connectivity index (χ0v) is 16.0. The van der Waals surface area contributed by atoms with E-state index in [1.807, 2.05) is 0 Å². The average Bonchev–Trinajstić information content (AvgIpc) is 2.63. The summed E-state index contributed by atoms with van der Waals surface area (Å²) >= 11 is 2.22. The summed E-state index contributed by atoms with van der Waals surface area (Å²) in [5, 5.41) is 3.53. The monoisotopic (exact) mass is 351 g/mol. The molecule has 5 heteroatoms. The Kier molecular flexibility index (Phi) is 6.90. The van der Waals surface area contributed by atoms with E-state index in [-0.39, 0.29) is 0 Å². The van der Waals surface area contributed by atoms with Crippen molar-refractivity contribution in [2.75, 3.05) is 45.1 Å². The van der Waals surface area contributed by atoms with Crippen LogP contribution in [-0.4, -0.2) is 60.8 Å². The predicted molar refractivity (Wildman–Crippen MR) is 104 cm³/mol. The first-order chi connectivity index (χ1) is 11.8. The van der Waals surface area contributed by atoms with Gasteiger partial charge in [-0.15, -0.1) is 0 Å². The number of nitrogens with one attached hydrogen (secondary N) is 1. The number of aliphatic imine (C=N–C) groups is 1. The molecular weight excluding hydrogens is 318 g/mol. The number of hydrogen-bond donors (Lipinski definition) is 1. The number of rotatable bonds is 4. The highest BCUT2D eigenvalue weighted by molar-refractivity contribution is 8.00. The maximum atomic E-state index is 5.39. The summed E-state index contributed by atoms with van der Waals surface area (Å²) in [6.45, 7) is 7.99. The zero-order chi connectivity index (χ0) is 16.7. The van der Waals surface area contributed by atoms with Crippen LogP contribution in [0.3, 0.4) is 0 Å². The summed E-state index contributed by atoms with van der Waals surface area (Å²) in [7, 11) is 0. The van der Waals surface area contributed by atoms with E-state index < -0.39 is 0 Å². The lowest BCUT2D eigenvalue weighted by Crippen LogP contribution is -2.53. The van der Waals surface area contributed by atoms with Gasteiger partial charge in [0.2, 0.25) is 0 Å². The zero-order valence-electron chi connectivity index (χ0n) is 15.2. The highest BCUT2D eigenvalue weighted by Gasteiger charge is 2.38. The van der Waals surface area contributed by atoms with Crippen LogP contribution in [0, 0.1) is 0 Å². The van der Waals surface area contributed by atoms with Crippen LogP contribution in [0.4, 0.5) is 0 Å². The summed E-state index contributed by atoms with van der Waals surface area (Å²) in [4.78, 5) is 7.48. The molecule has 0 radical (unpaired) electrons. The third kappa shape index (κ3) is 4.92. The van der Waals surface area contributed by atoms with Gasteiger partial charge in [0.05, 0.1) is 13.2 Å². The van der Waals surface area contributed by atoms with Crippen molar-refractivity contribution in [2.45, 2.75) is 56.6 Å². The molecule has 0 aromatic heterocycles. The summed E-state index contributed by atoms with van der Waals surface area (Å²) in [6.07, 6.45) is 11.4. The predicted octanol–water partition coefficient (Wildman–Crippen LogP) is 3.44. The van der Waals surface area contributed by atoms with Crippen LogP contribution >= 0.6 is 11.8 Å². The van der Waals surface area contributed by atoms with Gasteiger partial charge in [0, 0.05) is 36.7 Å². The third-order valence-electron chi connectivity index (χ3n) is 5.40. The van der Waals surface area contributed by atoms with Gasteiger partial charge in [-0.1, -0.05) is 30.9 Å². The summed E-state index contributed by atoms with van der Waals surface area (Å²) in [5.74, 6) is 2.38. The molecule has 1 spiro atoms. The van der Waals surface area contributed by atoms with Crippen LogP contribution in [0.2, 0.25) is 0 Å². The Morgan fingerprint density at radius 2 is 2.25 bits per heavy atom. The minimum absolute atomic E-state index is 0.496. The van der Waals surface area contributed by atoms with E-state index in [0.29, 0.717) is 4.75 Å². The van der Waals surface area contributed by atoms with E-state index >= 15 is 0 Å². The van der Waals surface area contributed by atoms with Crippen LogP contribution in [0.25, 0.3) is 0 Å². The SMILES string of the molecule is CCNC(=NCCC1=CCOCC1)N1CCSC2(CCCCC2)C1. The summed E-state index contributed by atoms with van der Waals surface area (Å²) in [6, 6.07) is 0. The molecule has 1 saturated heterocycles. The molecule has 2 aliphatic heterocycles. The van der Waals surface area contributed by atoms with E-state index in [2.05, 4.69) is 35.0 Å². The molecule has 1 aliphatic carbocycles. The van der Waals surface area contributed by atoms with E-state index in [4.69, 9.17) is 9.73 Å². The molecule has 0 unspecified atom stereocenters. The van der Waals surface area contributed by atoms with Gasteiger partial charge >= 0.3 is 0 Å². The van der Waals surface area contributed by atoms with Gasteiger partial charge in [-0.05, 0) is 32.6 Å². The quantitative estimate of drug-likeness (QED) is 0.478. The van der Waals surface area contributed by atoms with Gasteiger partial charge in [0.15, 0.2) is 5.96 Å². The van der Waals surface area contributed by atoms with Crippen molar-refractivity contribution in [3.8, 4) is 0 Å². The molecular formula is C19H33N3OS. The largest absolute Gasteiger partial charge is 0.377 e. The Balaban J connectivity index is 1.58. The van der Waals surface area contributed by atoms with Crippen molar-refractivity contribution in [1.29, 1.82) is 0 Å². The number of thioether (sulfide) groups is 1. The van der Waals surface area contributed by atoms with Gasteiger partial charge in [0.25, 0.3) is 0 Å². The molecule has 1 saturated carbocycles. The number of hydrogen-bond acceptors (Lipinski definition) is 3. The molecule has 3 aliphatic rings. The van der Waals surface area contributed by atoms with Crippen LogP contribution in [0.1, 0.15) is 51.9 Å². The average molecular weight is 352 g/mol. The fourth-order valence-electron chi connectivity index (χ4n) is 4.05. The van der Waals surface area contributed by atoms with Gasteiger partial charge in [-0.2, -0.15) is 11.8 Å². The Morgan fingerprint density at radius 1 is 1.38 bits per heavy atom. The lowest BCUT2D eigenvalue weighted by Gasteiger charge is -2.45. The second-order valence-corrected chi connectivity index (χ2v) is 8.75. The second kappa shape index (κ2) is 9.14. The van der Waals surface area contributed by atoms with Gasteiger partial charge in [-0.3, -0.25) is 4.99 Å². The van der Waals surface area contributed by atoms with E-state index in [1.165, 1.54) is 50.0 Å². The van der Waals surface area contributed by atoms with Crippen molar-refractivity contribution in [3.05, 3.63) is 11.6 Å². The molecule has 0 bridgehead atoms. The lowest BCUT2D eigenvalue weighted by atomic mass is 9.87. The second-order valence-electron chi connectivity index (χ2n) is 7.19. The highest BCUT2D eigenvalue weighted by atomic mass is 32.2. The van der Waals surface area contributed by atoms with Gasteiger partial charge in [-0.25, -0.2) is 0 Å². The smallest absolute Gasteiger partial charge is 0.193 e. The van der Waals surface area contributed by atoms with Crippen molar-refractivity contribution in [1.82, 2.24) is 10.2 Å². The molecule has 0 atom stereocenters. The van der Waals surface area contributed by atoms with Crippen molar-refractivity contribution in [3.63, 3.8) is 0 Å².